The summed E-state index contributed by atoms with van der Waals surface area (Å²) in [5.41, 5.74) is 3.82. The number of nitrogens with one attached hydrogen (secondary N) is 1. The third-order valence-electron chi connectivity index (χ3n) is 3.43. The van der Waals surface area contributed by atoms with Crippen LogP contribution in [0.15, 0.2) is 24.3 Å². The van der Waals surface area contributed by atoms with Crippen LogP contribution in [0.4, 0.5) is 5.69 Å². The van der Waals surface area contributed by atoms with Gasteiger partial charge in [0.25, 0.3) is 5.91 Å². The summed E-state index contributed by atoms with van der Waals surface area (Å²) in [7, 11) is 0. The van der Waals surface area contributed by atoms with Crippen molar-refractivity contribution in [3.05, 3.63) is 29.8 Å². The first-order valence-electron chi connectivity index (χ1n) is 6.72. The second kappa shape index (κ2) is 6.54. The smallest absolute Gasteiger partial charge is 0.256 e. The van der Waals surface area contributed by atoms with Gasteiger partial charge in [0, 0.05) is 19.7 Å². The van der Waals surface area contributed by atoms with Crippen molar-refractivity contribution in [3.63, 3.8) is 0 Å². The molecule has 1 heterocycles. The molecular weight excluding hydrogens is 242 g/mol. The number of likely N-dealkylation sites (N-methyl/N-ethyl adjacent to an activating group) is 1. The minimum Gasteiger partial charge on any atom is -0.376 e. The molecule has 1 unspecified atom stereocenters. The molecule has 19 heavy (non-hydrogen) atoms. The molecule has 0 saturated carbocycles. The zero-order valence-electron chi connectivity index (χ0n) is 11.3. The van der Waals surface area contributed by atoms with Gasteiger partial charge in [0.2, 0.25) is 0 Å². The Labute approximate surface area is 113 Å². The number of amides is 1. The van der Waals surface area contributed by atoms with Gasteiger partial charge in [-0.25, -0.2) is 0 Å². The molecule has 1 atom stereocenters. The normalized spacial score (nSPS) is 18.3. The Morgan fingerprint density at radius 1 is 1.53 bits per heavy atom. The molecule has 5 nitrogen and oxygen atoms in total. The molecule has 2 rings (SSSR count). The highest BCUT2D eigenvalue weighted by Crippen LogP contribution is 2.18. The van der Waals surface area contributed by atoms with E-state index < -0.39 is 0 Å². The Bertz CT molecular complexity index is 430. The summed E-state index contributed by atoms with van der Waals surface area (Å²) in [6, 6.07) is 7.28. The van der Waals surface area contributed by atoms with Gasteiger partial charge in [-0.1, -0.05) is 12.1 Å². The van der Waals surface area contributed by atoms with E-state index in [2.05, 4.69) is 5.43 Å². The van der Waals surface area contributed by atoms with Gasteiger partial charge in [0.15, 0.2) is 0 Å². The number of benzene rings is 1. The third-order valence-corrected chi connectivity index (χ3v) is 3.43. The van der Waals surface area contributed by atoms with Gasteiger partial charge in [-0.15, -0.1) is 0 Å². The Kier molecular flexibility index (Phi) is 4.76. The van der Waals surface area contributed by atoms with E-state index >= 15 is 0 Å². The zero-order valence-corrected chi connectivity index (χ0v) is 11.3. The van der Waals surface area contributed by atoms with Gasteiger partial charge >= 0.3 is 0 Å². The Morgan fingerprint density at radius 2 is 2.32 bits per heavy atom. The zero-order chi connectivity index (χ0) is 13.7. The number of hydrogen-bond donors (Lipinski definition) is 2. The number of nitrogen functional groups attached to an aromatic ring is 1. The highest BCUT2D eigenvalue weighted by atomic mass is 16.5. The van der Waals surface area contributed by atoms with Crippen molar-refractivity contribution >= 4 is 11.6 Å². The molecule has 1 aromatic rings. The van der Waals surface area contributed by atoms with E-state index in [4.69, 9.17) is 10.6 Å². The van der Waals surface area contributed by atoms with Crippen LogP contribution in [0, 0.1) is 0 Å². The first kappa shape index (κ1) is 13.8. The van der Waals surface area contributed by atoms with Crippen LogP contribution in [-0.4, -0.2) is 36.6 Å². The molecule has 0 spiro atoms. The van der Waals surface area contributed by atoms with Crippen molar-refractivity contribution in [2.75, 3.05) is 25.1 Å². The maximum absolute atomic E-state index is 12.5. The second-order valence-electron chi connectivity index (χ2n) is 4.67. The molecule has 1 amide bonds. The van der Waals surface area contributed by atoms with Gasteiger partial charge in [-0.05, 0) is 31.9 Å². The fraction of sp³-hybridized carbons (Fsp3) is 0.500. The van der Waals surface area contributed by atoms with Crippen LogP contribution >= 0.6 is 0 Å². The largest absolute Gasteiger partial charge is 0.376 e. The molecule has 3 N–H and O–H groups in total. The average molecular weight is 263 g/mol. The molecule has 1 aliphatic rings. The lowest BCUT2D eigenvalue weighted by Gasteiger charge is -2.24. The van der Waals surface area contributed by atoms with E-state index in [9.17, 15) is 4.79 Å². The fourth-order valence-corrected chi connectivity index (χ4v) is 2.36. The van der Waals surface area contributed by atoms with Crippen LogP contribution in [0.2, 0.25) is 0 Å². The molecule has 1 aromatic carbocycles. The van der Waals surface area contributed by atoms with E-state index in [-0.39, 0.29) is 12.0 Å². The predicted molar refractivity (Wildman–Crippen MR) is 74.8 cm³/mol. The van der Waals surface area contributed by atoms with Gasteiger partial charge in [-0.2, -0.15) is 0 Å². The summed E-state index contributed by atoms with van der Waals surface area (Å²) in [6.45, 7) is 4.09. The van der Waals surface area contributed by atoms with E-state index in [1.807, 2.05) is 24.0 Å². The minimum absolute atomic E-state index is 0.00782. The van der Waals surface area contributed by atoms with Crippen molar-refractivity contribution in [1.29, 1.82) is 0 Å². The van der Waals surface area contributed by atoms with Crippen molar-refractivity contribution in [2.24, 2.45) is 5.84 Å². The topological polar surface area (TPSA) is 67.6 Å². The molecular formula is C14H21N3O2. The molecule has 5 heteroatoms. The van der Waals surface area contributed by atoms with Gasteiger partial charge < -0.3 is 15.1 Å². The molecule has 1 saturated heterocycles. The van der Waals surface area contributed by atoms with Crippen LogP contribution in [0.1, 0.15) is 30.1 Å². The number of carbonyl (C=O) groups is 1. The highest BCUT2D eigenvalue weighted by molar-refractivity contribution is 5.99. The predicted octanol–water partition coefficient (Wildman–Crippen LogP) is 1.61. The van der Waals surface area contributed by atoms with Crippen molar-refractivity contribution < 1.29 is 9.53 Å². The van der Waals surface area contributed by atoms with E-state index in [0.717, 1.165) is 19.4 Å². The number of hydrazine groups is 1. The number of carbonyl (C=O) groups excluding carboxylic acids is 1. The number of hydrogen-bond acceptors (Lipinski definition) is 4. The maximum Gasteiger partial charge on any atom is 0.256 e. The lowest BCUT2D eigenvalue weighted by molar-refractivity contribution is 0.0540. The standard InChI is InChI=1S/C14H21N3O2/c1-2-17(10-11-6-5-9-19-11)14(18)12-7-3-4-8-13(12)16-15/h3-4,7-8,11,16H,2,5-6,9-10,15H2,1H3. The molecule has 1 aliphatic heterocycles. The quantitative estimate of drug-likeness (QED) is 0.625. The molecule has 104 valence electrons. The van der Waals surface area contributed by atoms with E-state index in [1.54, 1.807) is 12.1 Å². The van der Waals surface area contributed by atoms with E-state index in [0.29, 0.717) is 24.3 Å². The van der Waals surface area contributed by atoms with Crippen LogP contribution in [0.3, 0.4) is 0 Å². The summed E-state index contributed by atoms with van der Waals surface area (Å²) in [5.74, 6) is 5.44. The van der Waals surface area contributed by atoms with Crippen LogP contribution < -0.4 is 11.3 Å². The van der Waals surface area contributed by atoms with E-state index in [1.165, 1.54) is 0 Å². The highest BCUT2D eigenvalue weighted by Gasteiger charge is 2.23. The molecule has 0 bridgehead atoms. The fourth-order valence-electron chi connectivity index (χ4n) is 2.36. The molecule has 0 aromatic heterocycles. The summed E-state index contributed by atoms with van der Waals surface area (Å²) in [4.78, 5) is 14.3. The number of nitrogens with two attached hydrogens (primary N) is 1. The lowest BCUT2D eigenvalue weighted by Crippen LogP contribution is -2.37. The molecule has 1 fully saturated rings. The number of para-hydroxylation sites is 1. The Hall–Kier alpha value is -1.59. The van der Waals surface area contributed by atoms with Crippen molar-refractivity contribution in [2.45, 2.75) is 25.9 Å². The van der Waals surface area contributed by atoms with Gasteiger partial charge in [0.1, 0.15) is 0 Å². The van der Waals surface area contributed by atoms with Crippen LogP contribution in [0.5, 0.6) is 0 Å². The van der Waals surface area contributed by atoms with Crippen molar-refractivity contribution in [3.8, 4) is 0 Å². The first-order chi connectivity index (χ1) is 9.26. The van der Waals surface area contributed by atoms with Crippen LogP contribution in [0.25, 0.3) is 0 Å². The average Bonchev–Trinajstić information content (AvgIpc) is 2.97. The number of ether oxygens (including phenoxy) is 1. The number of nitrogens with zero attached hydrogens (tertiary/aromatic N) is 1. The summed E-state index contributed by atoms with van der Waals surface area (Å²) in [5, 5.41) is 0. The second-order valence-corrected chi connectivity index (χ2v) is 4.67. The number of anilines is 1. The first-order valence-corrected chi connectivity index (χ1v) is 6.72. The Balaban J connectivity index is 2.10. The molecule has 0 radical (unpaired) electrons. The summed E-state index contributed by atoms with van der Waals surface area (Å²) in [6.07, 6.45) is 2.28. The third kappa shape index (κ3) is 3.24. The maximum atomic E-state index is 12.5. The monoisotopic (exact) mass is 263 g/mol. The lowest BCUT2D eigenvalue weighted by atomic mass is 10.1. The Morgan fingerprint density at radius 3 is 2.95 bits per heavy atom. The number of rotatable bonds is 5. The van der Waals surface area contributed by atoms with Crippen LogP contribution in [-0.2, 0) is 4.74 Å². The summed E-state index contributed by atoms with van der Waals surface area (Å²) < 4.78 is 5.59. The SMILES string of the molecule is CCN(CC1CCCO1)C(=O)c1ccccc1NN. The van der Waals surface area contributed by atoms with Gasteiger partial charge in [-0.3, -0.25) is 10.6 Å². The summed E-state index contributed by atoms with van der Waals surface area (Å²) >= 11 is 0. The van der Waals surface area contributed by atoms with Crippen molar-refractivity contribution in [1.82, 2.24) is 4.90 Å². The van der Waals surface area contributed by atoms with Gasteiger partial charge in [0.05, 0.1) is 17.4 Å². The molecule has 0 aliphatic carbocycles. The minimum atomic E-state index is -0.00782.